The molecule has 0 aromatic heterocycles. The van der Waals surface area contributed by atoms with Crippen molar-refractivity contribution in [1.82, 2.24) is 0 Å². The Hall–Kier alpha value is -1.11. The van der Waals surface area contributed by atoms with Crippen LogP contribution in [0, 0.1) is 0 Å². The van der Waals surface area contributed by atoms with Crippen LogP contribution in [0.5, 0.6) is 0 Å². The molecule has 0 saturated carbocycles. The molecule has 18 heavy (non-hydrogen) atoms. The summed E-state index contributed by atoms with van der Waals surface area (Å²) in [6, 6.07) is 12.0. The van der Waals surface area contributed by atoms with Crippen LogP contribution in [0.3, 0.4) is 0 Å². The molecule has 0 radical (unpaired) electrons. The van der Waals surface area contributed by atoms with Gasteiger partial charge in [0.25, 0.3) is 0 Å². The van der Waals surface area contributed by atoms with E-state index in [0.717, 1.165) is 25.7 Å². The van der Waals surface area contributed by atoms with Crippen molar-refractivity contribution in [3.63, 3.8) is 0 Å². The van der Waals surface area contributed by atoms with Gasteiger partial charge in [-0.05, 0) is 12.8 Å². The zero-order valence-electron chi connectivity index (χ0n) is 12.0. The summed E-state index contributed by atoms with van der Waals surface area (Å²) in [6.45, 7) is 4.34. The average Bonchev–Trinajstić information content (AvgIpc) is 2.42. The van der Waals surface area contributed by atoms with Crippen LogP contribution in [0.25, 0.3) is 0 Å². The van der Waals surface area contributed by atoms with Crippen LogP contribution < -0.4 is 0 Å². The van der Waals surface area contributed by atoms with Gasteiger partial charge in [-0.3, -0.25) is 4.79 Å². The largest absolute Gasteiger partial charge is 0.300 e. The van der Waals surface area contributed by atoms with Crippen molar-refractivity contribution < 1.29 is 4.79 Å². The van der Waals surface area contributed by atoms with Gasteiger partial charge in [-0.2, -0.15) is 0 Å². The molecule has 0 aliphatic rings. The second kappa shape index (κ2) is 14.0. The van der Waals surface area contributed by atoms with E-state index in [1.54, 1.807) is 0 Å². The van der Waals surface area contributed by atoms with Crippen molar-refractivity contribution in [2.45, 2.75) is 65.2 Å². The Morgan fingerprint density at radius 3 is 1.28 bits per heavy atom. The Morgan fingerprint density at radius 1 is 0.667 bits per heavy atom. The molecule has 1 aromatic rings. The topological polar surface area (TPSA) is 17.1 Å². The third-order valence-electron chi connectivity index (χ3n) is 2.79. The predicted molar refractivity (Wildman–Crippen MR) is 79.7 cm³/mol. The van der Waals surface area contributed by atoms with E-state index < -0.39 is 0 Å². The molecule has 0 unspecified atom stereocenters. The van der Waals surface area contributed by atoms with Crippen molar-refractivity contribution >= 4 is 5.78 Å². The second-order valence-electron chi connectivity index (χ2n) is 4.61. The van der Waals surface area contributed by atoms with Crippen molar-refractivity contribution in [2.75, 3.05) is 0 Å². The number of carbonyl (C=O) groups excluding carboxylic acids is 1. The highest BCUT2D eigenvalue weighted by molar-refractivity contribution is 5.78. The lowest BCUT2D eigenvalue weighted by molar-refractivity contribution is -0.119. The van der Waals surface area contributed by atoms with Gasteiger partial charge in [-0.1, -0.05) is 75.9 Å². The minimum atomic E-state index is 0.469. The van der Waals surface area contributed by atoms with Crippen molar-refractivity contribution in [2.24, 2.45) is 0 Å². The van der Waals surface area contributed by atoms with Crippen molar-refractivity contribution in [3.8, 4) is 0 Å². The fourth-order valence-corrected chi connectivity index (χ4v) is 1.65. The normalized spacial score (nSPS) is 9.44. The molecule has 1 heteroatoms. The molecular weight excluding hydrogens is 220 g/mol. The van der Waals surface area contributed by atoms with Crippen LogP contribution in [0.2, 0.25) is 0 Å². The minimum Gasteiger partial charge on any atom is -0.300 e. The zero-order chi connectivity index (χ0) is 13.5. The number of unbranched alkanes of at least 4 members (excludes halogenated alkanes) is 4. The quantitative estimate of drug-likeness (QED) is 0.563. The lowest BCUT2D eigenvalue weighted by atomic mass is 10.1. The Balaban J connectivity index is 0.000000397. The molecule has 0 heterocycles. The first-order valence-corrected chi connectivity index (χ1v) is 7.33. The lowest BCUT2D eigenvalue weighted by Crippen LogP contribution is -1.96. The standard InChI is InChI=1S/C11H22O.C6H6/c1-3-5-7-9-11(12)10-8-6-4-2;1-2-4-6-5-3-1/h3-10H2,1-2H3;1-6H. The van der Waals surface area contributed by atoms with E-state index in [-0.39, 0.29) is 0 Å². The maximum Gasteiger partial charge on any atom is 0.132 e. The average molecular weight is 248 g/mol. The summed E-state index contributed by atoms with van der Waals surface area (Å²) in [5, 5.41) is 0. The summed E-state index contributed by atoms with van der Waals surface area (Å²) in [4.78, 5) is 11.2. The highest BCUT2D eigenvalue weighted by atomic mass is 16.1. The minimum absolute atomic E-state index is 0.469. The first-order chi connectivity index (χ1) is 8.81. The Kier molecular flexibility index (Phi) is 13.1. The van der Waals surface area contributed by atoms with E-state index in [2.05, 4.69) is 13.8 Å². The smallest absolute Gasteiger partial charge is 0.132 e. The molecule has 1 nitrogen and oxygen atoms in total. The first-order valence-electron chi connectivity index (χ1n) is 7.33. The zero-order valence-corrected chi connectivity index (χ0v) is 12.0. The molecule has 0 aliphatic carbocycles. The van der Waals surface area contributed by atoms with Gasteiger partial charge < -0.3 is 0 Å². The van der Waals surface area contributed by atoms with E-state index in [9.17, 15) is 4.79 Å². The van der Waals surface area contributed by atoms with Crippen LogP contribution in [-0.2, 0) is 4.79 Å². The number of benzene rings is 1. The van der Waals surface area contributed by atoms with E-state index in [0.29, 0.717) is 5.78 Å². The summed E-state index contributed by atoms with van der Waals surface area (Å²) in [5.74, 6) is 0.469. The third kappa shape index (κ3) is 13.0. The molecule has 0 fully saturated rings. The van der Waals surface area contributed by atoms with Crippen LogP contribution in [0.1, 0.15) is 65.2 Å². The number of ketones is 1. The summed E-state index contributed by atoms with van der Waals surface area (Å²) in [6.07, 6.45) is 8.67. The van der Waals surface area contributed by atoms with Crippen LogP contribution in [0.15, 0.2) is 36.4 Å². The fraction of sp³-hybridized carbons (Fsp3) is 0.588. The molecule has 1 aromatic carbocycles. The molecule has 102 valence electrons. The molecule has 0 aliphatic heterocycles. The van der Waals surface area contributed by atoms with E-state index in [1.807, 2.05) is 36.4 Å². The van der Waals surface area contributed by atoms with Gasteiger partial charge in [-0.15, -0.1) is 0 Å². The Morgan fingerprint density at radius 2 is 1.00 bits per heavy atom. The van der Waals surface area contributed by atoms with Gasteiger partial charge in [0.05, 0.1) is 0 Å². The number of hydrogen-bond acceptors (Lipinski definition) is 1. The molecule has 0 atom stereocenters. The highest BCUT2D eigenvalue weighted by Gasteiger charge is 1.99. The van der Waals surface area contributed by atoms with Gasteiger partial charge in [0, 0.05) is 12.8 Å². The first kappa shape index (κ1) is 16.9. The molecule has 0 saturated heterocycles. The van der Waals surface area contributed by atoms with Gasteiger partial charge >= 0.3 is 0 Å². The molecule has 1 rings (SSSR count). The summed E-state index contributed by atoms with van der Waals surface area (Å²) >= 11 is 0. The second-order valence-corrected chi connectivity index (χ2v) is 4.61. The van der Waals surface area contributed by atoms with Crippen molar-refractivity contribution in [1.29, 1.82) is 0 Å². The van der Waals surface area contributed by atoms with Crippen LogP contribution >= 0.6 is 0 Å². The highest BCUT2D eigenvalue weighted by Crippen LogP contribution is 2.05. The molecular formula is C17H28O. The van der Waals surface area contributed by atoms with E-state index >= 15 is 0 Å². The van der Waals surface area contributed by atoms with E-state index in [4.69, 9.17) is 0 Å². The van der Waals surface area contributed by atoms with Crippen LogP contribution in [0.4, 0.5) is 0 Å². The van der Waals surface area contributed by atoms with Gasteiger partial charge in [-0.25, -0.2) is 0 Å². The van der Waals surface area contributed by atoms with Crippen molar-refractivity contribution in [3.05, 3.63) is 36.4 Å². The maximum absolute atomic E-state index is 11.2. The SMILES string of the molecule is CCCCCC(=O)CCCCC.c1ccccc1. The maximum atomic E-state index is 11.2. The van der Waals surface area contributed by atoms with Gasteiger partial charge in [0.1, 0.15) is 5.78 Å². The van der Waals surface area contributed by atoms with Gasteiger partial charge in [0.2, 0.25) is 0 Å². The molecule has 0 bridgehead atoms. The lowest BCUT2D eigenvalue weighted by Gasteiger charge is -1.98. The van der Waals surface area contributed by atoms with Crippen LogP contribution in [-0.4, -0.2) is 5.78 Å². The monoisotopic (exact) mass is 248 g/mol. The predicted octanol–water partition coefficient (Wildman–Crippen LogP) is 5.40. The number of hydrogen-bond donors (Lipinski definition) is 0. The fourth-order valence-electron chi connectivity index (χ4n) is 1.65. The third-order valence-corrected chi connectivity index (χ3v) is 2.79. The van der Waals surface area contributed by atoms with Gasteiger partial charge in [0.15, 0.2) is 0 Å². The van der Waals surface area contributed by atoms with E-state index in [1.165, 1.54) is 25.7 Å². The molecule has 0 N–H and O–H groups in total. The summed E-state index contributed by atoms with van der Waals surface area (Å²) < 4.78 is 0. The Labute approximate surface area is 113 Å². The number of rotatable bonds is 8. The summed E-state index contributed by atoms with van der Waals surface area (Å²) in [5.41, 5.74) is 0. The molecule has 0 spiro atoms. The molecule has 0 amide bonds. The number of Topliss-reactive ketones (excluding diaryl/α,β-unsaturated/α-hetero) is 1. The number of carbonyl (C=O) groups is 1. The Bertz CT molecular complexity index is 227. The summed E-state index contributed by atoms with van der Waals surface area (Å²) in [7, 11) is 0.